The molecule has 13 heavy (non-hydrogen) atoms. The molecule has 72 valence electrons. The van der Waals surface area contributed by atoms with Crippen LogP contribution in [0.4, 0.5) is 0 Å². The van der Waals surface area contributed by atoms with Gasteiger partial charge in [-0.3, -0.25) is 0 Å². The number of carbonyl (C=O) groups is 1. The van der Waals surface area contributed by atoms with Crippen LogP contribution in [0.2, 0.25) is 0 Å². The Morgan fingerprint density at radius 2 is 2.31 bits per heavy atom. The molecule has 0 bridgehead atoms. The van der Waals surface area contributed by atoms with E-state index in [0.717, 1.165) is 6.42 Å². The third kappa shape index (κ3) is 1.88. The predicted molar refractivity (Wildman–Crippen MR) is 46.9 cm³/mol. The van der Waals surface area contributed by atoms with Crippen LogP contribution in [-0.2, 0) is 0 Å². The third-order valence-corrected chi connectivity index (χ3v) is 2.04. The molecule has 0 aliphatic carbocycles. The van der Waals surface area contributed by atoms with Crippen molar-refractivity contribution in [2.24, 2.45) is 0 Å². The number of oxazole rings is 1. The van der Waals surface area contributed by atoms with Gasteiger partial charge < -0.3 is 9.52 Å². The molecule has 0 amide bonds. The van der Waals surface area contributed by atoms with Gasteiger partial charge in [-0.1, -0.05) is 13.8 Å². The van der Waals surface area contributed by atoms with Crippen LogP contribution in [0, 0.1) is 6.92 Å². The summed E-state index contributed by atoms with van der Waals surface area (Å²) in [4.78, 5) is 14.7. The van der Waals surface area contributed by atoms with Crippen molar-refractivity contribution < 1.29 is 14.3 Å². The summed E-state index contributed by atoms with van der Waals surface area (Å²) in [5, 5.41) is 8.70. The van der Waals surface area contributed by atoms with Crippen molar-refractivity contribution in [2.45, 2.75) is 33.1 Å². The van der Waals surface area contributed by atoms with Crippen molar-refractivity contribution >= 4 is 5.97 Å². The molecule has 4 heteroatoms. The molecule has 1 atom stereocenters. The van der Waals surface area contributed by atoms with E-state index in [9.17, 15) is 4.79 Å². The van der Waals surface area contributed by atoms with Gasteiger partial charge in [-0.05, 0) is 13.3 Å². The SMILES string of the molecule is CCC(C)c1nc(C)c(C(=O)O)o1. The van der Waals surface area contributed by atoms with Gasteiger partial charge in [0.2, 0.25) is 5.76 Å². The van der Waals surface area contributed by atoms with E-state index in [0.29, 0.717) is 11.6 Å². The molecule has 1 unspecified atom stereocenters. The van der Waals surface area contributed by atoms with Gasteiger partial charge in [0.25, 0.3) is 0 Å². The maximum absolute atomic E-state index is 10.6. The van der Waals surface area contributed by atoms with E-state index in [2.05, 4.69) is 4.98 Å². The lowest BCUT2D eigenvalue weighted by Gasteiger charge is -2.00. The molecule has 1 heterocycles. The van der Waals surface area contributed by atoms with Crippen molar-refractivity contribution in [1.29, 1.82) is 0 Å². The number of aromatic carboxylic acids is 1. The second kappa shape index (κ2) is 3.60. The standard InChI is InChI=1S/C9H13NO3/c1-4-5(2)8-10-6(3)7(13-8)9(11)12/h5H,4H2,1-3H3,(H,11,12). The van der Waals surface area contributed by atoms with Crippen molar-refractivity contribution in [3.05, 3.63) is 17.3 Å². The first kappa shape index (κ1) is 9.77. The molecular formula is C9H13NO3. The quantitative estimate of drug-likeness (QED) is 0.780. The molecule has 0 saturated carbocycles. The highest BCUT2D eigenvalue weighted by Crippen LogP contribution is 2.20. The fourth-order valence-corrected chi connectivity index (χ4v) is 1.00. The van der Waals surface area contributed by atoms with Gasteiger partial charge in [-0.15, -0.1) is 0 Å². The minimum Gasteiger partial charge on any atom is -0.475 e. The molecule has 0 aromatic carbocycles. The maximum atomic E-state index is 10.6. The fraction of sp³-hybridized carbons (Fsp3) is 0.556. The van der Waals surface area contributed by atoms with Crippen LogP contribution in [0.15, 0.2) is 4.42 Å². The van der Waals surface area contributed by atoms with Gasteiger partial charge in [-0.2, -0.15) is 0 Å². The summed E-state index contributed by atoms with van der Waals surface area (Å²) in [5.41, 5.74) is 0.447. The van der Waals surface area contributed by atoms with Crippen LogP contribution in [0.1, 0.15) is 48.3 Å². The van der Waals surface area contributed by atoms with E-state index in [1.165, 1.54) is 0 Å². The molecule has 0 fully saturated rings. The molecule has 0 saturated heterocycles. The number of hydrogen-bond acceptors (Lipinski definition) is 3. The molecule has 0 radical (unpaired) electrons. The Morgan fingerprint density at radius 1 is 1.69 bits per heavy atom. The zero-order chi connectivity index (χ0) is 10.0. The van der Waals surface area contributed by atoms with Crippen molar-refractivity contribution in [2.75, 3.05) is 0 Å². The van der Waals surface area contributed by atoms with Gasteiger partial charge in [0.05, 0.1) is 5.69 Å². The topological polar surface area (TPSA) is 63.3 Å². The number of nitrogens with zero attached hydrogens (tertiary/aromatic N) is 1. The number of aromatic nitrogens is 1. The number of hydrogen-bond donors (Lipinski definition) is 1. The summed E-state index contributed by atoms with van der Waals surface area (Å²) in [6, 6.07) is 0. The van der Waals surface area contributed by atoms with Crippen LogP contribution in [0.25, 0.3) is 0 Å². The zero-order valence-corrected chi connectivity index (χ0v) is 8.00. The molecule has 1 rings (SSSR count). The van der Waals surface area contributed by atoms with E-state index >= 15 is 0 Å². The number of rotatable bonds is 3. The Morgan fingerprint density at radius 3 is 2.69 bits per heavy atom. The highest BCUT2D eigenvalue weighted by atomic mass is 16.4. The zero-order valence-electron chi connectivity index (χ0n) is 8.00. The van der Waals surface area contributed by atoms with E-state index < -0.39 is 5.97 Å². The van der Waals surface area contributed by atoms with Crippen LogP contribution in [-0.4, -0.2) is 16.1 Å². The number of carboxylic acid groups (broad SMARTS) is 1. The van der Waals surface area contributed by atoms with Crippen LogP contribution < -0.4 is 0 Å². The molecule has 4 nitrogen and oxygen atoms in total. The van der Waals surface area contributed by atoms with Crippen LogP contribution >= 0.6 is 0 Å². The minimum absolute atomic E-state index is 0.0460. The first-order valence-corrected chi connectivity index (χ1v) is 4.26. The minimum atomic E-state index is -1.06. The lowest BCUT2D eigenvalue weighted by Crippen LogP contribution is -1.95. The summed E-state index contributed by atoms with van der Waals surface area (Å²) in [7, 11) is 0. The summed E-state index contributed by atoms with van der Waals surface area (Å²) in [6.07, 6.45) is 0.888. The maximum Gasteiger partial charge on any atom is 0.373 e. The molecular weight excluding hydrogens is 170 g/mol. The highest BCUT2D eigenvalue weighted by Gasteiger charge is 2.18. The first-order chi connectivity index (χ1) is 6.06. The largest absolute Gasteiger partial charge is 0.475 e. The summed E-state index contributed by atoms with van der Waals surface area (Å²) >= 11 is 0. The molecule has 0 aliphatic rings. The lowest BCUT2D eigenvalue weighted by atomic mass is 10.1. The second-order valence-electron chi connectivity index (χ2n) is 3.08. The number of aryl methyl sites for hydroxylation is 1. The Kier molecular flexibility index (Phi) is 2.70. The monoisotopic (exact) mass is 183 g/mol. The van der Waals surface area contributed by atoms with Gasteiger partial charge in [0, 0.05) is 5.92 Å². The normalized spacial score (nSPS) is 12.8. The summed E-state index contributed by atoms with van der Waals surface area (Å²) < 4.78 is 5.12. The Hall–Kier alpha value is -1.32. The van der Waals surface area contributed by atoms with Crippen molar-refractivity contribution in [3.8, 4) is 0 Å². The summed E-state index contributed by atoms with van der Waals surface area (Å²) in [6.45, 7) is 5.60. The van der Waals surface area contributed by atoms with Gasteiger partial charge in [0.1, 0.15) is 0 Å². The highest BCUT2D eigenvalue weighted by molar-refractivity contribution is 5.85. The van der Waals surface area contributed by atoms with Crippen LogP contribution in [0.3, 0.4) is 0 Å². The lowest BCUT2D eigenvalue weighted by molar-refractivity contribution is 0.0658. The van der Waals surface area contributed by atoms with Crippen molar-refractivity contribution in [1.82, 2.24) is 4.98 Å². The van der Waals surface area contributed by atoms with Crippen molar-refractivity contribution in [3.63, 3.8) is 0 Å². The molecule has 0 aliphatic heterocycles. The van der Waals surface area contributed by atoms with E-state index in [-0.39, 0.29) is 11.7 Å². The average molecular weight is 183 g/mol. The predicted octanol–water partition coefficient (Wildman–Crippen LogP) is 2.19. The van der Waals surface area contributed by atoms with Crippen LogP contribution in [0.5, 0.6) is 0 Å². The van der Waals surface area contributed by atoms with E-state index in [1.54, 1.807) is 6.92 Å². The van der Waals surface area contributed by atoms with Gasteiger partial charge >= 0.3 is 5.97 Å². The smallest absolute Gasteiger partial charge is 0.373 e. The van der Waals surface area contributed by atoms with E-state index in [1.807, 2.05) is 13.8 Å². The number of carboxylic acids is 1. The average Bonchev–Trinajstić information content (AvgIpc) is 2.46. The fourth-order valence-electron chi connectivity index (χ4n) is 1.00. The second-order valence-corrected chi connectivity index (χ2v) is 3.08. The molecule has 1 aromatic rings. The molecule has 1 N–H and O–H groups in total. The first-order valence-electron chi connectivity index (χ1n) is 4.26. The molecule has 1 aromatic heterocycles. The van der Waals surface area contributed by atoms with Gasteiger partial charge in [-0.25, -0.2) is 9.78 Å². The Labute approximate surface area is 76.6 Å². The molecule has 0 spiro atoms. The Balaban J connectivity index is 3.01. The summed E-state index contributed by atoms with van der Waals surface area (Å²) in [5.74, 6) is -0.418. The van der Waals surface area contributed by atoms with Gasteiger partial charge in [0.15, 0.2) is 5.89 Å². The third-order valence-electron chi connectivity index (χ3n) is 2.04. The van der Waals surface area contributed by atoms with E-state index in [4.69, 9.17) is 9.52 Å². The Bertz CT molecular complexity index is 317.